The van der Waals surface area contributed by atoms with E-state index >= 15 is 0 Å². The Hall–Kier alpha value is -1.78. The highest BCUT2D eigenvalue weighted by Crippen LogP contribution is 2.36. The minimum Gasteiger partial charge on any atom is -0.381 e. The zero-order chi connectivity index (χ0) is 18.4. The second kappa shape index (κ2) is 8.74. The van der Waals surface area contributed by atoms with Gasteiger partial charge in [-0.05, 0) is 68.1 Å². The number of hydrogen-bond acceptors (Lipinski definition) is 2. The molecular weight excluding hydrogens is 332 g/mol. The standard InChI is InChI=1S/C22H27F2NO/c1-2-26-17-22(12-11-18-3-7-20(23)8-4-18)13-14-25(16-22)15-19-5-9-21(24)10-6-19/h3-10H,2,11-17H2,1H3. The van der Waals surface area contributed by atoms with E-state index < -0.39 is 0 Å². The normalized spacial score (nSPS) is 20.6. The molecule has 0 radical (unpaired) electrons. The predicted molar refractivity (Wildman–Crippen MR) is 99.9 cm³/mol. The van der Waals surface area contributed by atoms with Crippen molar-refractivity contribution >= 4 is 0 Å². The van der Waals surface area contributed by atoms with E-state index in [4.69, 9.17) is 4.74 Å². The third kappa shape index (κ3) is 5.12. The summed E-state index contributed by atoms with van der Waals surface area (Å²) in [6, 6.07) is 13.6. The van der Waals surface area contributed by atoms with E-state index in [1.165, 1.54) is 29.8 Å². The lowest BCUT2D eigenvalue weighted by Gasteiger charge is -2.29. The molecule has 140 valence electrons. The van der Waals surface area contributed by atoms with Gasteiger partial charge in [-0.15, -0.1) is 0 Å². The minimum atomic E-state index is -0.194. The van der Waals surface area contributed by atoms with Crippen LogP contribution in [0.4, 0.5) is 8.78 Å². The molecule has 1 aliphatic heterocycles. The van der Waals surface area contributed by atoms with Gasteiger partial charge in [-0.1, -0.05) is 24.3 Å². The zero-order valence-electron chi connectivity index (χ0n) is 15.4. The molecule has 0 amide bonds. The molecule has 2 aromatic rings. The SMILES string of the molecule is CCOCC1(CCc2ccc(F)cc2)CCN(Cc2ccc(F)cc2)C1. The molecular formula is C22H27F2NO. The third-order valence-electron chi connectivity index (χ3n) is 5.31. The molecule has 2 nitrogen and oxygen atoms in total. The molecule has 1 atom stereocenters. The first kappa shape index (κ1) is 19.0. The number of nitrogens with zero attached hydrogens (tertiary/aromatic N) is 1. The molecule has 1 aliphatic rings. The van der Waals surface area contributed by atoms with E-state index in [2.05, 4.69) is 4.90 Å². The van der Waals surface area contributed by atoms with Crippen LogP contribution >= 0.6 is 0 Å². The average Bonchev–Trinajstić information content (AvgIpc) is 3.05. The molecule has 1 heterocycles. The van der Waals surface area contributed by atoms with Crippen LogP contribution in [-0.2, 0) is 17.7 Å². The fourth-order valence-electron chi connectivity index (χ4n) is 3.78. The third-order valence-corrected chi connectivity index (χ3v) is 5.31. The van der Waals surface area contributed by atoms with Crippen LogP contribution in [0.25, 0.3) is 0 Å². The van der Waals surface area contributed by atoms with E-state index in [0.717, 1.165) is 57.7 Å². The van der Waals surface area contributed by atoms with Gasteiger partial charge >= 0.3 is 0 Å². The van der Waals surface area contributed by atoms with Crippen LogP contribution in [0.2, 0.25) is 0 Å². The minimum absolute atomic E-state index is 0.129. The Balaban J connectivity index is 1.61. The van der Waals surface area contributed by atoms with Crippen molar-refractivity contribution in [2.75, 3.05) is 26.3 Å². The molecule has 3 rings (SSSR count). The van der Waals surface area contributed by atoms with Crippen molar-refractivity contribution in [3.8, 4) is 0 Å². The van der Waals surface area contributed by atoms with Crippen molar-refractivity contribution in [1.82, 2.24) is 4.90 Å². The van der Waals surface area contributed by atoms with E-state index in [0.29, 0.717) is 0 Å². The highest BCUT2D eigenvalue weighted by Gasteiger charge is 2.37. The fourth-order valence-corrected chi connectivity index (χ4v) is 3.78. The van der Waals surface area contributed by atoms with Gasteiger partial charge in [-0.2, -0.15) is 0 Å². The van der Waals surface area contributed by atoms with Crippen molar-refractivity contribution in [3.05, 3.63) is 71.3 Å². The summed E-state index contributed by atoms with van der Waals surface area (Å²) in [4.78, 5) is 2.43. The maximum absolute atomic E-state index is 13.1. The zero-order valence-corrected chi connectivity index (χ0v) is 15.4. The maximum Gasteiger partial charge on any atom is 0.123 e. The molecule has 0 N–H and O–H groups in total. The molecule has 0 saturated carbocycles. The number of benzene rings is 2. The van der Waals surface area contributed by atoms with Crippen molar-refractivity contribution < 1.29 is 13.5 Å². The first-order valence-corrected chi connectivity index (χ1v) is 9.38. The molecule has 0 spiro atoms. The van der Waals surface area contributed by atoms with Crippen LogP contribution in [0.5, 0.6) is 0 Å². The summed E-state index contributed by atoms with van der Waals surface area (Å²) in [5, 5.41) is 0. The van der Waals surface area contributed by atoms with Crippen LogP contribution in [0.15, 0.2) is 48.5 Å². The van der Waals surface area contributed by atoms with Gasteiger partial charge in [0.25, 0.3) is 0 Å². The van der Waals surface area contributed by atoms with Crippen LogP contribution < -0.4 is 0 Å². The Bertz CT molecular complexity index is 686. The number of halogens is 2. The monoisotopic (exact) mass is 359 g/mol. The Morgan fingerprint density at radius 3 is 2.19 bits per heavy atom. The molecule has 1 fully saturated rings. The van der Waals surface area contributed by atoms with Crippen molar-refractivity contribution in [1.29, 1.82) is 0 Å². The van der Waals surface area contributed by atoms with Crippen LogP contribution in [0.1, 0.15) is 30.9 Å². The van der Waals surface area contributed by atoms with E-state index in [1.807, 2.05) is 31.2 Å². The molecule has 4 heteroatoms. The van der Waals surface area contributed by atoms with E-state index in [1.54, 1.807) is 0 Å². The quantitative estimate of drug-likeness (QED) is 0.670. The molecule has 0 bridgehead atoms. The van der Waals surface area contributed by atoms with E-state index in [9.17, 15) is 8.78 Å². The van der Waals surface area contributed by atoms with Gasteiger partial charge in [0.05, 0.1) is 6.61 Å². The fraction of sp³-hybridized carbons (Fsp3) is 0.455. The van der Waals surface area contributed by atoms with Crippen molar-refractivity contribution in [3.63, 3.8) is 0 Å². The van der Waals surface area contributed by atoms with Crippen LogP contribution in [0.3, 0.4) is 0 Å². The van der Waals surface area contributed by atoms with Gasteiger partial charge in [-0.25, -0.2) is 8.78 Å². The number of rotatable bonds is 8. The molecule has 0 aromatic heterocycles. The largest absolute Gasteiger partial charge is 0.381 e. The summed E-state index contributed by atoms with van der Waals surface area (Å²) < 4.78 is 32.0. The molecule has 1 saturated heterocycles. The number of likely N-dealkylation sites (tertiary alicyclic amines) is 1. The molecule has 0 aliphatic carbocycles. The number of hydrogen-bond donors (Lipinski definition) is 0. The number of ether oxygens (including phenoxy) is 1. The summed E-state index contributed by atoms with van der Waals surface area (Å²) in [5.74, 6) is -0.385. The highest BCUT2D eigenvalue weighted by atomic mass is 19.1. The second-order valence-electron chi connectivity index (χ2n) is 7.35. The summed E-state index contributed by atoms with van der Waals surface area (Å²) in [5.41, 5.74) is 2.43. The average molecular weight is 359 g/mol. The first-order chi connectivity index (χ1) is 12.6. The topological polar surface area (TPSA) is 12.5 Å². The van der Waals surface area contributed by atoms with Gasteiger partial charge in [0.15, 0.2) is 0 Å². The smallest absolute Gasteiger partial charge is 0.123 e. The Morgan fingerprint density at radius 1 is 0.962 bits per heavy atom. The van der Waals surface area contributed by atoms with Crippen molar-refractivity contribution in [2.45, 2.75) is 32.7 Å². The number of aryl methyl sites for hydroxylation is 1. The van der Waals surface area contributed by atoms with Crippen LogP contribution in [0, 0.1) is 17.0 Å². The Morgan fingerprint density at radius 2 is 1.58 bits per heavy atom. The second-order valence-corrected chi connectivity index (χ2v) is 7.35. The predicted octanol–water partition coefficient (Wildman–Crippen LogP) is 4.83. The van der Waals surface area contributed by atoms with Gasteiger partial charge < -0.3 is 4.74 Å². The maximum atomic E-state index is 13.1. The van der Waals surface area contributed by atoms with Gasteiger partial charge in [0.2, 0.25) is 0 Å². The van der Waals surface area contributed by atoms with E-state index in [-0.39, 0.29) is 17.0 Å². The highest BCUT2D eigenvalue weighted by molar-refractivity contribution is 5.18. The Kier molecular flexibility index (Phi) is 6.38. The first-order valence-electron chi connectivity index (χ1n) is 9.38. The summed E-state index contributed by atoms with van der Waals surface area (Å²) in [7, 11) is 0. The van der Waals surface area contributed by atoms with Gasteiger partial charge in [0, 0.05) is 25.1 Å². The van der Waals surface area contributed by atoms with Gasteiger partial charge in [0.1, 0.15) is 11.6 Å². The summed E-state index contributed by atoms with van der Waals surface area (Å²) >= 11 is 0. The summed E-state index contributed by atoms with van der Waals surface area (Å²) in [6.45, 7) is 6.34. The Labute approximate surface area is 154 Å². The molecule has 26 heavy (non-hydrogen) atoms. The summed E-state index contributed by atoms with van der Waals surface area (Å²) in [6.07, 6.45) is 3.05. The molecule has 1 unspecified atom stereocenters. The molecule has 2 aromatic carbocycles. The van der Waals surface area contributed by atoms with Crippen molar-refractivity contribution in [2.24, 2.45) is 5.41 Å². The van der Waals surface area contributed by atoms with Gasteiger partial charge in [-0.3, -0.25) is 4.90 Å². The lowest BCUT2D eigenvalue weighted by Crippen LogP contribution is -2.32. The van der Waals surface area contributed by atoms with Crippen LogP contribution in [-0.4, -0.2) is 31.2 Å². The lowest BCUT2D eigenvalue weighted by atomic mass is 9.82. The lowest BCUT2D eigenvalue weighted by molar-refractivity contribution is 0.0489.